The van der Waals surface area contributed by atoms with Crippen LogP contribution in [0, 0.1) is 22.7 Å². The van der Waals surface area contributed by atoms with Crippen LogP contribution in [0.15, 0.2) is 48.3 Å². The minimum Gasteiger partial charge on any atom is -0.354 e. The molecule has 0 saturated heterocycles. The lowest BCUT2D eigenvalue weighted by Gasteiger charge is -2.18. The van der Waals surface area contributed by atoms with Crippen LogP contribution in [0.1, 0.15) is 58.3 Å². The van der Waals surface area contributed by atoms with E-state index < -0.39 is 0 Å². The predicted octanol–water partition coefficient (Wildman–Crippen LogP) is 5.14. The van der Waals surface area contributed by atoms with Gasteiger partial charge in [0.25, 0.3) is 0 Å². The zero-order chi connectivity index (χ0) is 20.0. The van der Waals surface area contributed by atoms with Crippen molar-refractivity contribution in [3.63, 3.8) is 0 Å². The Morgan fingerprint density at radius 2 is 1.57 bits per heavy atom. The molecule has 0 N–H and O–H groups in total. The van der Waals surface area contributed by atoms with Crippen molar-refractivity contribution in [2.24, 2.45) is 0 Å². The summed E-state index contributed by atoms with van der Waals surface area (Å²) in [7, 11) is 0. The van der Waals surface area contributed by atoms with Gasteiger partial charge in [0.1, 0.15) is 17.7 Å². The van der Waals surface area contributed by atoms with Gasteiger partial charge in [-0.3, -0.25) is 0 Å². The van der Waals surface area contributed by atoms with Crippen LogP contribution in [-0.2, 0) is 0 Å². The third-order valence-electron chi connectivity index (χ3n) is 4.72. The highest BCUT2D eigenvalue weighted by Crippen LogP contribution is 2.12. The van der Waals surface area contributed by atoms with Gasteiger partial charge in [-0.2, -0.15) is 10.5 Å². The maximum Gasteiger partial charge on any atom is 0.146 e. The van der Waals surface area contributed by atoms with Gasteiger partial charge >= 0.3 is 0 Å². The van der Waals surface area contributed by atoms with E-state index in [0.29, 0.717) is 0 Å². The second-order valence-corrected chi connectivity index (χ2v) is 8.09. The first-order valence-corrected chi connectivity index (χ1v) is 11.0. The molecule has 0 unspecified atom stereocenters. The minimum absolute atomic E-state index is 0.173. The molecule has 0 fully saturated rings. The number of unbranched alkanes of at least 4 members (excludes halogenated alkanes) is 7. The molecule has 1 aliphatic heterocycles. The molecule has 0 aromatic carbocycles. The monoisotopic (exact) mass is 391 g/mol. The van der Waals surface area contributed by atoms with Gasteiger partial charge in [0.15, 0.2) is 0 Å². The number of rotatable bonds is 10. The second-order valence-electron chi connectivity index (χ2n) is 6.98. The van der Waals surface area contributed by atoms with E-state index in [1.54, 1.807) is 0 Å². The molecule has 3 nitrogen and oxygen atoms in total. The molecule has 1 aromatic rings. The molecular weight excluding hydrogens is 362 g/mol. The van der Waals surface area contributed by atoms with Crippen molar-refractivity contribution in [2.45, 2.75) is 58.3 Å². The van der Waals surface area contributed by atoms with Gasteiger partial charge < -0.3 is 4.90 Å². The Bertz CT molecular complexity index is 871. The summed E-state index contributed by atoms with van der Waals surface area (Å²) in [5.74, 6) is 0. The number of allylic oxidation sites excluding steroid dienone is 4. The summed E-state index contributed by atoms with van der Waals surface area (Å²) < 4.78 is 1.76. The molecule has 0 amide bonds. The third-order valence-corrected chi connectivity index (χ3v) is 5.79. The average Bonchev–Trinajstić information content (AvgIpc) is 3.19. The normalized spacial score (nSPS) is 13.5. The molecular formula is C24H29N3S. The van der Waals surface area contributed by atoms with Crippen molar-refractivity contribution >= 4 is 23.0 Å². The molecule has 0 atom stereocenters. The smallest absolute Gasteiger partial charge is 0.146 e. The van der Waals surface area contributed by atoms with E-state index in [4.69, 9.17) is 10.5 Å². The minimum atomic E-state index is 0.173. The first kappa shape index (κ1) is 21.7. The standard InChI is InChI=1S/C24H29N3S/c1-2-3-4-5-6-7-8-9-16-27-17-14-21(15-18-27)10-11-23-12-13-24(28-23)22(19-25)20-26/h10-15,17-18H,2-9,16H2,1H3/b23-11+. The molecule has 1 aliphatic rings. The molecule has 146 valence electrons. The summed E-state index contributed by atoms with van der Waals surface area (Å²) in [5.41, 5.74) is 1.32. The summed E-state index contributed by atoms with van der Waals surface area (Å²) in [6, 6.07) is 7.64. The average molecular weight is 392 g/mol. The van der Waals surface area contributed by atoms with Crippen LogP contribution in [0.2, 0.25) is 0 Å². The molecule has 0 radical (unpaired) electrons. The molecule has 0 saturated carbocycles. The number of hydrogen-bond donors (Lipinski definition) is 0. The van der Waals surface area contributed by atoms with Crippen LogP contribution in [0.4, 0.5) is 0 Å². The lowest BCUT2D eigenvalue weighted by Crippen LogP contribution is -2.13. The lowest BCUT2D eigenvalue weighted by molar-refractivity contribution is 0.462. The topological polar surface area (TPSA) is 50.8 Å². The fourth-order valence-corrected chi connectivity index (χ4v) is 3.90. The maximum atomic E-state index is 8.93. The number of nitrogens with zero attached hydrogens (tertiary/aromatic N) is 3. The number of hydrogen-bond acceptors (Lipinski definition) is 4. The lowest BCUT2D eigenvalue weighted by atomic mass is 10.1. The van der Waals surface area contributed by atoms with E-state index in [-0.39, 0.29) is 5.57 Å². The third kappa shape index (κ3) is 7.59. The molecule has 0 aliphatic carbocycles. The van der Waals surface area contributed by atoms with Crippen molar-refractivity contribution in [3.05, 3.63) is 57.4 Å². The van der Waals surface area contributed by atoms with E-state index in [1.165, 1.54) is 62.7 Å². The van der Waals surface area contributed by atoms with Crippen LogP contribution in [0.25, 0.3) is 11.6 Å². The van der Waals surface area contributed by atoms with Gasteiger partial charge in [-0.15, -0.1) is 11.3 Å². The Hall–Kier alpha value is -2.56. The largest absolute Gasteiger partial charge is 0.354 e. The Balaban J connectivity index is 1.77. The van der Waals surface area contributed by atoms with Gasteiger partial charge in [-0.25, -0.2) is 0 Å². The molecule has 2 heterocycles. The number of nitriles is 2. The summed E-state index contributed by atoms with van der Waals surface area (Å²) in [6.07, 6.45) is 23.4. The van der Waals surface area contributed by atoms with E-state index >= 15 is 0 Å². The molecule has 0 spiro atoms. The zero-order valence-corrected chi connectivity index (χ0v) is 17.5. The van der Waals surface area contributed by atoms with Gasteiger partial charge in [-0.05, 0) is 42.4 Å². The first-order chi connectivity index (χ1) is 13.8. The second kappa shape index (κ2) is 12.8. The Labute approximate surface area is 172 Å². The number of thiophene rings is 1. The van der Waals surface area contributed by atoms with E-state index in [2.05, 4.69) is 42.5 Å². The van der Waals surface area contributed by atoms with Crippen LogP contribution < -0.4 is 9.06 Å². The predicted molar refractivity (Wildman–Crippen MR) is 118 cm³/mol. The van der Waals surface area contributed by atoms with Crippen molar-refractivity contribution in [2.75, 3.05) is 6.54 Å². The summed E-state index contributed by atoms with van der Waals surface area (Å²) in [6.45, 7) is 3.34. The van der Waals surface area contributed by atoms with Crippen molar-refractivity contribution in [1.82, 2.24) is 4.90 Å². The quantitative estimate of drug-likeness (QED) is 0.519. The van der Waals surface area contributed by atoms with E-state index in [0.717, 1.165) is 21.2 Å². The molecule has 28 heavy (non-hydrogen) atoms. The summed E-state index contributed by atoms with van der Waals surface area (Å²) >= 11 is 1.46. The van der Waals surface area contributed by atoms with Crippen molar-refractivity contribution in [3.8, 4) is 12.1 Å². The van der Waals surface area contributed by atoms with Gasteiger partial charge in [-0.1, -0.05) is 57.9 Å². The summed E-state index contributed by atoms with van der Waals surface area (Å²) in [5, 5.41) is 17.9. The maximum absolute atomic E-state index is 8.93. The summed E-state index contributed by atoms with van der Waals surface area (Å²) in [4.78, 5) is 2.25. The van der Waals surface area contributed by atoms with Crippen LogP contribution in [0.5, 0.6) is 0 Å². The fourth-order valence-electron chi connectivity index (χ4n) is 3.05. The van der Waals surface area contributed by atoms with E-state index in [9.17, 15) is 0 Å². The Morgan fingerprint density at radius 1 is 0.929 bits per heavy atom. The highest BCUT2D eigenvalue weighted by molar-refractivity contribution is 7.07. The van der Waals surface area contributed by atoms with Crippen molar-refractivity contribution < 1.29 is 0 Å². The van der Waals surface area contributed by atoms with Crippen LogP contribution >= 0.6 is 11.3 Å². The highest BCUT2D eigenvalue weighted by atomic mass is 32.1. The fraction of sp³-hybridized carbons (Fsp3) is 0.417. The SMILES string of the molecule is CCCCCCCCCCN1C=CC(=C/C=c2\ccc(=C(C#N)C#N)s2)C=C1. The zero-order valence-electron chi connectivity index (χ0n) is 16.7. The Morgan fingerprint density at radius 3 is 2.21 bits per heavy atom. The molecule has 4 heteroatoms. The van der Waals surface area contributed by atoms with Crippen molar-refractivity contribution in [1.29, 1.82) is 10.5 Å². The highest BCUT2D eigenvalue weighted by Gasteiger charge is 2.00. The Kier molecular flexibility index (Phi) is 9.91. The molecule has 2 rings (SSSR count). The van der Waals surface area contributed by atoms with Crippen LogP contribution in [0.3, 0.4) is 0 Å². The van der Waals surface area contributed by atoms with Crippen LogP contribution in [-0.4, -0.2) is 11.4 Å². The van der Waals surface area contributed by atoms with Gasteiger partial charge in [0.05, 0.1) is 4.53 Å². The molecule has 1 aromatic heterocycles. The van der Waals surface area contributed by atoms with Gasteiger partial charge in [0, 0.05) is 23.5 Å². The molecule has 0 bridgehead atoms. The van der Waals surface area contributed by atoms with Gasteiger partial charge in [0.2, 0.25) is 0 Å². The first-order valence-electron chi connectivity index (χ1n) is 10.2. The van der Waals surface area contributed by atoms with E-state index in [1.807, 2.05) is 30.3 Å².